The van der Waals surface area contributed by atoms with Gasteiger partial charge in [-0.1, -0.05) is 18.2 Å². The standard InChI is InChI=1S/C16H18F3NO2/c1-11(8-14(21)15-6-3-7-22-15)20-10-12-4-2-5-13(9-12)16(17,18)19/h2-7,9,11,14,20-21H,8,10H2,1H3. The zero-order chi connectivity index (χ0) is 16.2. The van der Waals surface area contributed by atoms with Crippen LogP contribution in [0.2, 0.25) is 0 Å². The molecule has 1 aromatic heterocycles. The van der Waals surface area contributed by atoms with Gasteiger partial charge in [-0.05, 0) is 37.1 Å². The molecule has 0 aliphatic rings. The monoisotopic (exact) mass is 313 g/mol. The lowest BCUT2D eigenvalue weighted by Crippen LogP contribution is -2.27. The lowest BCUT2D eigenvalue weighted by Gasteiger charge is -2.17. The molecule has 1 aromatic carbocycles. The molecule has 3 nitrogen and oxygen atoms in total. The molecule has 2 atom stereocenters. The highest BCUT2D eigenvalue weighted by molar-refractivity contribution is 5.25. The number of aliphatic hydroxyl groups excluding tert-OH is 1. The summed E-state index contributed by atoms with van der Waals surface area (Å²) in [6.45, 7) is 2.16. The molecule has 2 unspecified atom stereocenters. The van der Waals surface area contributed by atoms with Crippen LogP contribution in [-0.2, 0) is 12.7 Å². The summed E-state index contributed by atoms with van der Waals surface area (Å²) in [5.41, 5.74) is -0.107. The molecule has 6 heteroatoms. The molecule has 1 heterocycles. The topological polar surface area (TPSA) is 45.4 Å². The molecule has 0 aliphatic heterocycles. The Kier molecular flexibility index (Phi) is 5.26. The van der Waals surface area contributed by atoms with Gasteiger partial charge in [0.2, 0.25) is 0 Å². The molecule has 2 rings (SSSR count). The summed E-state index contributed by atoms with van der Waals surface area (Å²) < 4.78 is 43.0. The molecule has 0 saturated carbocycles. The van der Waals surface area contributed by atoms with E-state index in [1.54, 1.807) is 18.2 Å². The number of furan rings is 1. The van der Waals surface area contributed by atoms with Crippen molar-refractivity contribution < 1.29 is 22.7 Å². The van der Waals surface area contributed by atoms with Crippen LogP contribution in [0.15, 0.2) is 47.1 Å². The number of benzene rings is 1. The van der Waals surface area contributed by atoms with Gasteiger partial charge in [-0.15, -0.1) is 0 Å². The third-order valence-corrected chi connectivity index (χ3v) is 3.36. The number of aliphatic hydroxyl groups is 1. The fraction of sp³-hybridized carbons (Fsp3) is 0.375. The maximum Gasteiger partial charge on any atom is 0.416 e. The average Bonchev–Trinajstić information content (AvgIpc) is 2.99. The summed E-state index contributed by atoms with van der Waals surface area (Å²) in [5, 5.41) is 13.0. The first-order valence-electron chi connectivity index (χ1n) is 6.97. The third kappa shape index (κ3) is 4.61. The van der Waals surface area contributed by atoms with Crippen LogP contribution >= 0.6 is 0 Å². The van der Waals surface area contributed by atoms with Crippen molar-refractivity contribution in [3.05, 3.63) is 59.5 Å². The van der Waals surface area contributed by atoms with E-state index in [1.807, 2.05) is 6.92 Å². The SMILES string of the molecule is CC(CC(O)c1ccco1)NCc1cccc(C(F)(F)F)c1. The highest BCUT2D eigenvalue weighted by Crippen LogP contribution is 2.29. The van der Waals surface area contributed by atoms with E-state index in [-0.39, 0.29) is 6.04 Å². The maximum atomic E-state index is 12.6. The Bertz CT molecular complexity index is 581. The fourth-order valence-electron chi connectivity index (χ4n) is 2.16. The lowest BCUT2D eigenvalue weighted by atomic mass is 10.1. The van der Waals surface area contributed by atoms with E-state index in [0.717, 1.165) is 12.1 Å². The Morgan fingerprint density at radius 3 is 2.64 bits per heavy atom. The van der Waals surface area contributed by atoms with Gasteiger partial charge in [0.15, 0.2) is 0 Å². The highest BCUT2D eigenvalue weighted by Gasteiger charge is 2.30. The zero-order valence-corrected chi connectivity index (χ0v) is 12.1. The summed E-state index contributed by atoms with van der Waals surface area (Å²) in [7, 11) is 0. The molecule has 2 aromatic rings. The van der Waals surface area contributed by atoms with E-state index >= 15 is 0 Å². The first-order chi connectivity index (χ1) is 10.4. The molecule has 0 radical (unpaired) electrons. The van der Waals surface area contributed by atoms with Crippen molar-refractivity contribution in [1.82, 2.24) is 5.32 Å². The average molecular weight is 313 g/mol. The van der Waals surface area contributed by atoms with Gasteiger partial charge in [-0.25, -0.2) is 0 Å². The Labute approximate surface area is 126 Å². The number of halogens is 3. The summed E-state index contributed by atoms with van der Waals surface area (Å²) in [5.74, 6) is 0.479. The predicted octanol–water partition coefficient (Wildman–Crippen LogP) is 3.90. The quantitative estimate of drug-likeness (QED) is 0.850. The van der Waals surface area contributed by atoms with Crippen molar-refractivity contribution in [1.29, 1.82) is 0 Å². The minimum atomic E-state index is -4.34. The summed E-state index contributed by atoms with van der Waals surface area (Å²) >= 11 is 0. The van der Waals surface area contributed by atoms with E-state index in [9.17, 15) is 18.3 Å². The zero-order valence-electron chi connectivity index (χ0n) is 12.1. The van der Waals surface area contributed by atoms with Crippen molar-refractivity contribution in [3.8, 4) is 0 Å². The van der Waals surface area contributed by atoms with Crippen LogP contribution in [-0.4, -0.2) is 11.1 Å². The molecule has 22 heavy (non-hydrogen) atoms. The Morgan fingerprint density at radius 1 is 1.23 bits per heavy atom. The van der Waals surface area contributed by atoms with Crippen molar-refractivity contribution in [2.24, 2.45) is 0 Å². The van der Waals surface area contributed by atoms with E-state index in [2.05, 4.69) is 5.32 Å². The van der Waals surface area contributed by atoms with E-state index < -0.39 is 17.8 Å². The molecule has 0 saturated heterocycles. The number of rotatable bonds is 6. The molecule has 0 bridgehead atoms. The first-order valence-corrected chi connectivity index (χ1v) is 6.97. The van der Waals surface area contributed by atoms with Crippen LogP contribution in [0.3, 0.4) is 0 Å². The third-order valence-electron chi connectivity index (χ3n) is 3.36. The van der Waals surface area contributed by atoms with Crippen LogP contribution in [0, 0.1) is 0 Å². The Morgan fingerprint density at radius 2 is 2.00 bits per heavy atom. The molecule has 2 N–H and O–H groups in total. The number of nitrogens with one attached hydrogen (secondary N) is 1. The van der Waals surface area contributed by atoms with Crippen LogP contribution in [0.5, 0.6) is 0 Å². The Hall–Kier alpha value is -1.79. The second-order valence-corrected chi connectivity index (χ2v) is 5.25. The largest absolute Gasteiger partial charge is 0.467 e. The normalized spacial score (nSPS) is 14.8. The van der Waals surface area contributed by atoms with Crippen molar-refractivity contribution in [2.75, 3.05) is 0 Å². The fourth-order valence-corrected chi connectivity index (χ4v) is 2.16. The van der Waals surface area contributed by atoms with Gasteiger partial charge >= 0.3 is 6.18 Å². The van der Waals surface area contributed by atoms with Crippen LogP contribution in [0.1, 0.15) is 36.3 Å². The predicted molar refractivity (Wildman–Crippen MR) is 76.0 cm³/mol. The highest BCUT2D eigenvalue weighted by atomic mass is 19.4. The lowest BCUT2D eigenvalue weighted by molar-refractivity contribution is -0.137. The minimum absolute atomic E-state index is 0.0744. The van der Waals surface area contributed by atoms with Gasteiger partial charge in [0.25, 0.3) is 0 Å². The van der Waals surface area contributed by atoms with Gasteiger partial charge in [-0.2, -0.15) is 13.2 Å². The smallest absolute Gasteiger partial charge is 0.416 e. The molecule has 0 aliphatic carbocycles. The number of hydrogen-bond acceptors (Lipinski definition) is 3. The number of hydrogen-bond donors (Lipinski definition) is 2. The van der Waals surface area contributed by atoms with Gasteiger partial charge in [-0.3, -0.25) is 0 Å². The van der Waals surface area contributed by atoms with Crippen molar-refractivity contribution >= 4 is 0 Å². The van der Waals surface area contributed by atoms with Crippen LogP contribution in [0.4, 0.5) is 13.2 Å². The van der Waals surface area contributed by atoms with Crippen molar-refractivity contribution in [3.63, 3.8) is 0 Å². The summed E-state index contributed by atoms with van der Waals surface area (Å²) in [6.07, 6.45) is -3.18. The molecular formula is C16H18F3NO2. The molecule has 120 valence electrons. The summed E-state index contributed by atoms with van der Waals surface area (Å²) in [6, 6.07) is 8.51. The van der Waals surface area contributed by atoms with Gasteiger partial charge in [0.05, 0.1) is 11.8 Å². The molecular weight excluding hydrogens is 295 g/mol. The van der Waals surface area contributed by atoms with Gasteiger partial charge in [0.1, 0.15) is 11.9 Å². The first kappa shape index (κ1) is 16.6. The number of alkyl halides is 3. The Balaban J connectivity index is 1.87. The molecule has 0 fully saturated rings. The second-order valence-electron chi connectivity index (χ2n) is 5.25. The van der Waals surface area contributed by atoms with E-state index in [4.69, 9.17) is 4.42 Å². The van der Waals surface area contributed by atoms with Gasteiger partial charge < -0.3 is 14.8 Å². The molecule has 0 amide bonds. The van der Waals surface area contributed by atoms with E-state index in [0.29, 0.717) is 24.3 Å². The van der Waals surface area contributed by atoms with Crippen LogP contribution < -0.4 is 5.32 Å². The minimum Gasteiger partial charge on any atom is -0.467 e. The molecule has 0 spiro atoms. The second kappa shape index (κ2) is 6.98. The van der Waals surface area contributed by atoms with E-state index in [1.165, 1.54) is 12.3 Å². The van der Waals surface area contributed by atoms with Crippen LogP contribution in [0.25, 0.3) is 0 Å². The maximum absolute atomic E-state index is 12.6. The van der Waals surface area contributed by atoms with Crippen molar-refractivity contribution in [2.45, 2.75) is 38.2 Å². The summed E-state index contributed by atoms with van der Waals surface area (Å²) in [4.78, 5) is 0. The van der Waals surface area contributed by atoms with Gasteiger partial charge in [0, 0.05) is 12.6 Å².